The Morgan fingerprint density at radius 3 is 2.20 bits per heavy atom. The highest BCUT2D eigenvalue weighted by atomic mass is 35.6. The predicted octanol–water partition coefficient (Wildman–Crippen LogP) is 3.95. The first-order valence-electron chi connectivity index (χ1n) is 3.55. The van der Waals surface area contributed by atoms with E-state index in [0.29, 0.717) is 17.8 Å². The smallest absolute Gasteiger partial charge is 0.274 e. The summed E-state index contributed by atoms with van der Waals surface area (Å²) in [5.41, 5.74) is -0.0266. The molecule has 1 aromatic carbocycles. The van der Waals surface area contributed by atoms with Crippen molar-refractivity contribution < 1.29 is 9.11 Å². The lowest BCUT2D eigenvalue weighted by Crippen LogP contribution is -1.97. The van der Waals surface area contributed by atoms with Gasteiger partial charge in [0.25, 0.3) is 8.81 Å². The number of nitro benzene ring substituents is 1. The Hall–Kier alpha value is -0.360. The zero-order chi connectivity index (χ0) is 11.5. The van der Waals surface area contributed by atoms with E-state index in [1.165, 1.54) is 24.3 Å². The summed E-state index contributed by atoms with van der Waals surface area (Å²) < 4.78 is 3.42. The van der Waals surface area contributed by atoms with Crippen molar-refractivity contribution in [1.29, 1.82) is 0 Å². The standard InChI is InChI=1S/C7H4Cl3NO3S/c8-7(9,10)15-14-6-3-1-5(2-4-6)11(12)13/h1-4H. The van der Waals surface area contributed by atoms with Crippen LogP contribution in [0.2, 0.25) is 0 Å². The lowest BCUT2D eigenvalue weighted by atomic mass is 10.3. The minimum absolute atomic E-state index is 0.0266. The number of non-ortho nitro benzene ring substituents is 1. The maximum atomic E-state index is 10.3. The number of rotatable bonds is 3. The van der Waals surface area contributed by atoms with Crippen LogP contribution in [0.3, 0.4) is 0 Å². The lowest BCUT2D eigenvalue weighted by Gasteiger charge is -2.09. The molecule has 0 radical (unpaired) electrons. The summed E-state index contributed by atoms with van der Waals surface area (Å²) in [6, 6.07) is 5.44. The minimum atomic E-state index is -1.58. The second-order valence-corrected chi connectivity index (χ2v) is 6.26. The van der Waals surface area contributed by atoms with Crippen LogP contribution in [0.5, 0.6) is 5.75 Å². The maximum absolute atomic E-state index is 10.3. The van der Waals surface area contributed by atoms with Crippen molar-refractivity contribution in [3.63, 3.8) is 0 Å². The van der Waals surface area contributed by atoms with Crippen LogP contribution in [0.1, 0.15) is 0 Å². The Balaban J connectivity index is 2.61. The number of hydrogen-bond donors (Lipinski definition) is 0. The van der Waals surface area contributed by atoms with Crippen molar-refractivity contribution in [2.45, 2.75) is 3.12 Å². The summed E-state index contributed by atoms with van der Waals surface area (Å²) in [7, 11) is 0. The van der Waals surface area contributed by atoms with E-state index < -0.39 is 8.05 Å². The van der Waals surface area contributed by atoms with E-state index in [-0.39, 0.29) is 5.69 Å². The van der Waals surface area contributed by atoms with Gasteiger partial charge >= 0.3 is 0 Å². The fourth-order valence-corrected chi connectivity index (χ4v) is 1.30. The molecule has 0 aliphatic heterocycles. The van der Waals surface area contributed by atoms with Crippen molar-refractivity contribution in [3.05, 3.63) is 34.4 Å². The van der Waals surface area contributed by atoms with E-state index in [1.807, 2.05) is 0 Å². The molecule has 0 atom stereocenters. The summed E-state index contributed by atoms with van der Waals surface area (Å²) in [5, 5.41) is 10.3. The fourth-order valence-electron chi connectivity index (χ4n) is 0.719. The molecule has 0 spiro atoms. The topological polar surface area (TPSA) is 52.4 Å². The average Bonchev–Trinajstić information content (AvgIpc) is 2.14. The molecule has 4 nitrogen and oxygen atoms in total. The first kappa shape index (κ1) is 12.7. The van der Waals surface area contributed by atoms with Crippen LogP contribution in [0.25, 0.3) is 0 Å². The molecule has 8 heteroatoms. The van der Waals surface area contributed by atoms with Crippen LogP contribution in [-0.4, -0.2) is 8.05 Å². The second-order valence-electron chi connectivity index (χ2n) is 2.36. The van der Waals surface area contributed by atoms with Gasteiger partial charge in [0, 0.05) is 12.1 Å². The zero-order valence-electron chi connectivity index (χ0n) is 7.02. The number of nitro groups is 1. The van der Waals surface area contributed by atoms with Crippen molar-refractivity contribution in [3.8, 4) is 5.75 Å². The Bertz CT molecular complexity index is 351. The van der Waals surface area contributed by atoms with Gasteiger partial charge in [-0.25, -0.2) is 0 Å². The molecular weight excluding hydrogens is 285 g/mol. The first-order valence-corrected chi connectivity index (χ1v) is 5.43. The minimum Gasteiger partial charge on any atom is -0.421 e. The third kappa shape index (κ3) is 4.79. The molecule has 0 heterocycles. The molecule has 0 saturated carbocycles. The third-order valence-corrected chi connectivity index (χ3v) is 2.31. The summed E-state index contributed by atoms with van der Waals surface area (Å²) in [4.78, 5) is 9.82. The molecule has 1 rings (SSSR count). The SMILES string of the molecule is O=[N+]([O-])c1ccc(OSC(Cl)(Cl)Cl)cc1. The number of hydrogen-bond acceptors (Lipinski definition) is 4. The molecule has 0 aromatic heterocycles. The molecule has 0 saturated heterocycles. The van der Waals surface area contributed by atoms with Gasteiger partial charge in [-0.15, -0.1) is 0 Å². The normalized spacial score (nSPS) is 11.1. The molecule has 0 aliphatic rings. The second kappa shape index (κ2) is 5.12. The number of alkyl halides is 3. The van der Waals surface area contributed by atoms with Gasteiger partial charge in [-0.1, -0.05) is 34.8 Å². The predicted molar refractivity (Wildman–Crippen MR) is 61.6 cm³/mol. The van der Waals surface area contributed by atoms with Gasteiger partial charge < -0.3 is 4.18 Å². The maximum Gasteiger partial charge on any atom is 0.274 e. The summed E-state index contributed by atoms with van der Waals surface area (Å²) >= 11 is 16.9. The highest BCUT2D eigenvalue weighted by molar-refractivity contribution is 8.00. The molecule has 0 unspecified atom stereocenters. The third-order valence-electron chi connectivity index (χ3n) is 1.28. The summed E-state index contributed by atoms with van der Waals surface area (Å²) in [6.07, 6.45) is 0. The molecular formula is C7H4Cl3NO3S. The van der Waals surface area contributed by atoms with Crippen molar-refractivity contribution in [2.75, 3.05) is 0 Å². The Kier molecular flexibility index (Phi) is 4.33. The van der Waals surface area contributed by atoms with Crippen LogP contribution >= 0.6 is 46.8 Å². The largest absolute Gasteiger partial charge is 0.421 e. The molecule has 82 valence electrons. The van der Waals surface area contributed by atoms with Gasteiger partial charge in [-0.3, -0.25) is 10.1 Å². The quantitative estimate of drug-likeness (QED) is 0.366. The van der Waals surface area contributed by atoms with Crippen LogP contribution in [0.4, 0.5) is 5.69 Å². The van der Waals surface area contributed by atoms with Crippen LogP contribution in [-0.2, 0) is 0 Å². The van der Waals surface area contributed by atoms with Crippen molar-refractivity contribution in [2.24, 2.45) is 0 Å². The summed E-state index contributed by atoms with van der Waals surface area (Å²) in [6.45, 7) is 0. The number of benzene rings is 1. The number of halogens is 3. The van der Waals surface area contributed by atoms with E-state index >= 15 is 0 Å². The first-order chi connectivity index (χ1) is 6.88. The summed E-state index contributed by atoms with van der Waals surface area (Å²) in [5.74, 6) is 0.372. The molecule has 0 bridgehead atoms. The van der Waals surface area contributed by atoms with E-state index in [2.05, 4.69) is 0 Å². The molecule has 0 fully saturated rings. The molecule has 15 heavy (non-hydrogen) atoms. The van der Waals surface area contributed by atoms with E-state index in [4.69, 9.17) is 39.0 Å². The lowest BCUT2D eigenvalue weighted by molar-refractivity contribution is -0.384. The van der Waals surface area contributed by atoms with E-state index in [1.54, 1.807) is 0 Å². The Labute approximate surface area is 105 Å². The van der Waals surface area contributed by atoms with Crippen LogP contribution < -0.4 is 4.18 Å². The highest BCUT2D eigenvalue weighted by Crippen LogP contribution is 2.39. The van der Waals surface area contributed by atoms with Crippen LogP contribution in [0.15, 0.2) is 24.3 Å². The molecule has 0 N–H and O–H groups in total. The highest BCUT2D eigenvalue weighted by Gasteiger charge is 2.23. The number of nitrogens with zero attached hydrogens (tertiary/aromatic N) is 1. The van der Waals surface area contributed by atoms with Gasteiger partial charge in [-0.2, -0.15) is 0 Å². The Morgan fingerprint density at radius 1 is 1.27 bits per heavy atom. The van der Waals surface area contributed by atoms with Crippen LogP contribution in [0, 0.1) is 10.1 Å². The zero-order valence-corrected chi connectivity index (χ0v) is 10.1. The monoisotopic (exact) mass is 287 g/mol. The van der Waals surface area contributed by atoms with Gasteiger partial charge in [0.1, 0.15) is 17.8 Å². The molecule has 1 aromatic rings. The average molecular weight is 289 g/mol. The van der Waals surface area contributed by atoms with E-state index in [9.17, 15) is 10.1 Å². The van der Waals surface area contributed by atoms with Gasteiger partial charge in [0.05, 0.1) is 4.92 Å². The molecule has 0 aliphatic carbocycles. The van der Waals surface area contributed by atoms with Gasteiger partial charge in [0.15, 0.2) is 0 Å². The van der Waals surface area contributed by atoms with Gasteiger partial charge in [-0.05, 0) is 12.1 Å². The molecule has 0 amide bonds. The fraction of sp³-hybridized carbons (Fsp3) is 0.143. The van der Waals surface area contributed by atoms with Crippen molar-refractivity contribution >= 4 is 52.5 Å². The van der Waals surface area contributed by atoms with E-state index in [0.717, 1.165) is 0 Å². The van der Waals surface area contributed by atoms with Gasteiger partial charge in [0.2, 0.25) is 0 Å². The Morgan fingerprint density at radius 2 is 1.80 bits per heavy atom. The van der Waals surface area contributed by atoms with Crippen molar-refractivity contribution in [1.82, 2.24) is 0 Å².